The average Bonchev–Trinajstić information content (AvgIpc) is 2.94. The van der Waals surface area contributed by atoms with Crippen molar-refractivity contribution in [1.82, 2.24) is 19.8 Å². The quantitative estimate of drug-likeness (QED) is 0.750. The van der Waals surface area contributed by atoms with Gasteiger partial charge in [-0.3, -0.25) is 19.8 Å². The SMILES string of the molecule is Cc1cn(CCCN(C)C(C(=O)NC=O)c2ccccc2)cn1. The van der Waals surface area contributed by atoms with Crippen LogP contribution in [0.5, 0.6) is 0 Å². The van der Waals surface area contributed by atoms with Crippen molar-refractivity contribution < 1.29 is 9.59 Å². The van der Waals surface area contributed by atoms with Gasteiger partial charge in [0.2, 0.25) is 12.3 Å². The number of hydrogen-bond acceptors (Lipinski definition) is 4. The zero-order valence-electron chi connectivity index (χ0n) is 13.5. The van der Waals surface area contributed by atoms with Crippen LogP contribution in [0, 0.1) is 6.92 Å². The summed E-state index contributed by atoms with van der Waals surface area (Å²) in [5.74, 6) is -0.313. The minimum Gasteiger partial charge on any atom is -0.337 e. The van der Waals surface area contributed by atoms with E-state index in [0.717, 1.165) is 30.8 Å². The Morgan fingerprint density at radius 2 is 2.13 bits per heavy atom. The molecule has 0 fully saturated rings. The van der Waals surface area contributed by atoms with Gasteiger partial charge in [0.15, 0.2) is 0 Å². The Hall–Kier alpha value is -2.47. The van der Waals surface area contributed by atoms with Crippen molar-refractivity contribution >= 4 is 12.3 Å². The summed E-state index contributed by atoms with van der Waals surface area (Å²) in [6, 6.07) is 8.98. The number of benzene rings is 1. The number of likely N-dealkylation sites (N-methyl/N-ethyl adjacent to an activating group) is 1. The summed E-state index contributed by atoms with van der Waals surface area (Å²) in [4.78, 5) is 29.0. The lowest BCUT2D eigenvalue weighted by atomic mass is 10.0. The van der Waals surface area contributed by atoms with Crippen LogP contribution in [0.3, 0.4) is 0 Å². The molecule has 0 spiro atoms. The maximum atomic E-state index is 12.2. The van der Waals surface area contributed by atoms with E-state index >= 15 is 0 Å². The number of nitrogens with zero attached hydrogens (tertiary/aromatic N) is 3. The minimum absolute atomic E-state index is 0.313. The number of amides is 2. The Balaban J connectivity index is 2.00. The molecule has 0 saturated heterocycles. The van der Waals surface area contributed by atoms with E-state index in [1.807, 2.05) is 66.3 Å². The van der Waals surface area contributed by atoms with Crippen LogP contribution in [-0.2, 0) is 16.1 Å². The van der Waals surface area contributed by atoms with Crippen LogP contribution in [-0.4, -0.2) is 40.4 Å². The predicted molar refractivity (Wildman–Crippen MR) is 87.6 cm³/mol. The van der Waals surface area contributed by atoms with Gasteiger partial charge in [0.05, 0.1) is 12.0 Å². The Morgan fingerprint density at radius 1 is 1.39 bits per heavy atom. The summed E-state index contributed by atoms with van der Waals surface area (Å²) in [6.07, 6.45) is 5.11. The Labute approximate surface area is 136 Å². The molecule has 2 amide bonds. The molecule has 1 atom stereocenters. The van der Waals surface area contributed by atoms with Crippen LogP contribution in [0.1, 0.15) is 23.7 Å². The zero-order valence-corrected chi connectivity index (χ0v) is 13.5. The number of aryl methyl sites for hydroxylation is 2. The number of imidazole rings is 1. The molecule has 1 N–H and O–H groups in total. The summed E-state index contributed by atoms with van der Waals surface area (Å²) < 4.78 is 2.03. The first-order valence-corrected chi connectivity index (χ1v) is 7.59. The van der Waals surface area contributed by atoms with Gasteiger partial charge in [0.1, 0.15) is 6.04 Å². The number of rotatable bonds is 8. The van der Waals surface area contributed by atoms with Gasteiger partial charge in [-0.05, 0) is 26.0 Å². The summed E-state index contributed by atoms with van der Waals surface area (Å²) in [5.41, 5.74) is 1.86. The second-order valence-electron chi connectivity index (χ2n) is 5.53. The second kappa shape index (κ2) is 8.24. The summed E-state index contributed by atoms with van der Waals surface area (Å²) in [7, 11) is 1.89. The molecule has 1 aromatic heterocycles. The zero-order chi connectivity index (χ0) is 16.7. The molecule has 0 bridgehead atoms. The number of carbonyl (C=O) groups excluding carboxylic acids is 2. The van der Waals surface area contributed by atoms with Crippen molar-refractivity contribution in [2.24, 2.45) is 0 Å². The van der Waals surface area contributed by atoms with Gasteiger partial charge in [0, 0.05) is 19.3 Å². The minimum atomic E-state index is -0.481. The lowest BCUT2D eigenvalue weighted by Crippen LogP contribution is -2.38. The molecule has 1 aromatic carbocycles. The highest BCUT2D eigenvalue weighted by molar-refractivity contribution is 5.90. The van der Waals surface area contributed by atoms with Gasteiger partial charge in [-0.15, -0.1) is 0 Å². The van der Waals surface area contributed by atoms with Crippen LogP contribution in [0.15, 0.2) is 42.9 Å². The fourth-order valence-electron chi connectivity index (χ4n) is 2.60. The molecule has 2 aromatic rings. The van der Waals surface area contributed by atoms with Gasteiger partial charge < -0.3 is 4.57 Å². The summed E-state index contributed by atoms with van der Waals surface area (Å²) in [5, 5.41) is 2.26. The molecule has 23 heavy (non-hydrogen) atoms. The van der Waals surface area contributed by atoms with E-state index in [9.17, 15) is 9.59 Å². The number of carbonyl (C=O) groups is 2. The van der Waals surface area contributed by atoms with E-state index in [1.165, 1.54) is 0 Å². The van der Waals surface area contributed by atoms with Crippen molar-refractivity contribution in [2.75, 3.05) is 13.6 Å². The molecule has 0 aliphatic carbocycles. The van der Waals surface area contributed by atoms with E-state index in [2.05, 4.69) is 10.3 Å². The number of aromatic nitrogens is 2. The van der Waals surface area contributed by atoms with Gasteiger partial charge in [-0.1, -0.05) is 30.3 Å². The molecule has 6 heteroatoms. The second-order valence-corrected chi connectivity index (χ2v) is 5.53. The predicted octanol–water partition coefficient (Wildman–Crippen LogP) is 1.53. The van der Waals surface area contributed by atoms with Gasteiger partial charge in [-0.2, -0.15) is 0 Å². The van der Waals surface area contributed by atoms with Crippen LogP contribution >= 0.6 is 0 Å². The molecular formula is C17H22N4O2. The maximum absolute atomic E-state index is 12.2. The Kier molecular flexibility index (Phi) is 6.05. The molecule has 0 aliphatic heterocycles. The van der Waals surface area contributed by atoms with Crippen molar-refractivity contribution in [3.8, 4) is 0 Å². The topological polar surface area (TPSA) is 67.2 Å². The lowest BCUT2D eigenvalue weighted by molar-refractivity contribution is -0.129. The van der Waals surface area contributed by atoms with Crippen LogP contribution in [0.2, 0.25) is 0 Å². The highest BCUT2D eigenvalue weighted by Crippen LogP contribution is 2.19. The maximum Gasteiger partial charge on any atom is 0.248 e. The number of hydrogen-bond donors (Lipinski definition) is 1. The highest BCUT2D eigenvalue weighted by Gasteiger charge is 2.24. The molecule has 0 saturated carbocycles. The monoisotopic (exact) mass is 314 g/mol. The first-order valence-electron chi connectivity index (χ1n) is 7.59. The first-order chi connectivity index (χ1) is 11.1. The van der Waals surface area contributed by atoms with E-state index in [4.69, 9.17) is 0 Å². The smallest absolute Gasteiger partial charge is 0.248 e. The van der Waals surface area contributed by atoms with Crippen molar-refractivity contribution in [1.29, 1.82) is 0 Å². The van der Waals surface area contributed by atoms with E-state index in [0.29, 0.717) is 6.41 Å². The van der Waals surface area contributed by atoms with Crippen LogP contribution < -0.4 is 5.32 Å². The van der Waals surface area contributed by atoms with Crippen molar-refractivity contribution in [2.45, 2.75) is 25.9 Å². The van der Waals surface area contributed by atoms with Gasteiger partial charge >= 0.3 is 0 Å². The van der Waals surface area contributed by atoms with Crippen molar-refractivity contribution in [3.05, 3.63) is 54.1 Å². The molecule has 1 heterocycles. The molecule has 122 valence electrons. The number of nitrogens with one attached hydrogen (secondary N) is 1. The molecule has 6 nitrogen and oxygen atoms in total. The number of imide groups is 1. The highest BCUT2D eigenvalue weighted by atomic mass is 16.2. The standard InChI is InChI=1S/C17H22N4O2/c1-14-11-21(12-18-14)10-6-9-20(2)16(17(23)19-13-22)15-7-4-3-5-8-15/h3-5,7-8,11-13,16H,6,9-10H2,1-2H3,(H,19,22,23). The van der Waals surface area contributed by atoms with Gasteiger partial charge in [0.25, 0.3) is 0 Å². The van der Waals surface area contributed by atoms with E-state index < -0.39 is 6.04 Å². The Morgan fingerprint density at radius 3 is 2.74 bits per heavy atom. The third kappa shape index (κ3) is 4.75. The third-order valence-electron chi connectivity index (χ3n) is 3.70. The molecular weight excluding hydrogens is 292 g/mol. The van der Waals surface area contributed by atoms with E-state index in [-0.39, 0.29) is 5.91 Å². The van der Waals surface area contributed by atoms with Crippen LogP contribution in [0.25, 0.3) is 0 Å². The molecule has 1 unspecified atom stereocenters. The summed E-state index contributed by atoms with van der Waals surface area (Å²) >= 11 is 0. The fraction of sp³-hybridized carbons (Fsp3) is 0.353. The molecule has 0 aliphatic rings. The van der Waals surface area contributed by atoms with Crippen LogP contribution in [0.4, 0.5) is 0 Å². The normalized spacial score (nSPS) is 12.1. The largest absolute Gasteiger partial charge is 0.337 e. The van der Waals surface area contributed by atoms with Crippen molar-refractivity contribution in [3.63, 3.8) is 0 Å². The lowest BCUT2D eigenvalue weighted by Gasteiger charge is -2.26. The van der Waals surface area contributed by atoms with E-state index in [1.54, 1.807) is 0 Å². The fourth-order valence-corrected chi connectivity index (χ4v) is 2.60. The first kappa shape index (κ1) is 16.9. The average molecular weight is 314 g/mol. The molecule has 2 rings (SSSR count). The third-order valence-corrected chi connectivity index (χ3v) is 3.70. The Bertz CT molecular complexity index is 639. The molecule has 0 radical (unpaired) electrons. The summed E-state index contributed by atoms with van der Waals surface area (Å²) in [6.45, 7) is 3.52. The van der Waals surface area contributed by atoms with Gasteiger partial charge in [-0.25, -0.2) is 4.98 Å².